The molecule has 2 atom stereocenters. The molecular formula is C20H21F2N2O2+. The summed E-state index contributed by atoms with van der Waals surface area (Å²) in [7, 11) is 0. The van der Waals surface area contributed by atoms with Gasteiger partial charge in [0.25, 0.3) is 5.91 Å². The molecule has 1 heterocycles. The van der Waals surface area contributed by atoms with Crippen LogP contribution in [0.5, 0.6) is 0 Å². The Hall–Kier alpha value is -2.73. The molecule has 3 rings (SSSR count). The van der Waals surface area contributed by atoms with Crippen LogP contribution in [0.25, 0.3) is 11.0 Å². The minimum absolute atomic E-state index is 0.128. The SMILES string of the molecule is C[C@H](NC(=O)C[NH2+][C@H](C)c1ccc(F)cc1F)c1cc2ccccc2o1. The molecule has 136 valence electrons. The van der Waals surface area contributed by atoms with Gasteiger partial charge in [-0.2, -0.15) is 0 Å². The van der Waals surface area contributed by atoms with E-state index < -0.39 is 11.6 Å². The first-order chi connectivity index (χ1) is 12.4. The van der Waals surface area contributed by atoms with Gasteiger partial charge in [-0.25, -0.2) is 8.78 Å². The fourth-order valence-corrected chi connectivity index (χ4v) is 2.87. The molecule has 0 aliphatic heterocycles. The second kappa shape index (κ2) is 7.66. The molecule has 0 unspecified atom stereocenters. The third kappa shape index (κ3) is 4.08. The summed E-state index contributed by atoms with van der Waals surface area (Å²) in [5.41, 5.74) is 1.14. The fourth-order valence-electron chi connectivity index (χ4n) is 2.87. The first-order valence-corrected chi connectivity index (χ1v) is 8.50. The number of halogens is 2. The molecule has 0 fully saturated rings. The van der Waals surface area contributed by atoms with Crippen molar-refractivity contribution in [1.29, 1.82) is 0 Å². The third-order valence-corrected chi connectivity index (χ3v) is 4.36. The Balaban J connectivity index is 1.56. The third-order valence-electron chi connectivity index (χ3n) is 4.36. The highest BCUT2D eigenvalue weighted by Gasteiger charge is 2.18. The van der Waals surface area contributed by atoms with Gasteiger partial charge in [-0.05, 0) is 38.1 Å². The number of hydrogen-bond acceptors (Lipinski definition) is 2. The molecule has 4 nitrogen and oxygen atoms in total. The number of nitrogens with two attached hydrogens (primary N) is 1. The van der Waals surface area contributed by atoms with Crippen molar-refractivity contribution in [3.8, 4) is 0 Å². The molecule has 26 heavy (non-hydrogen) atoms. The zero-order valence-electron chi connectivity index (χ0n) is 14.6. The second-order valence-electron chi connectivity index (χ2n) is 6.37. The van der Waals surface area contributed by atoms with E-state index in [1.807, 2.05) is 37.3 Å². The molecule has 0 aliphatic carbocycles. The van der Waals surface area contributed by atoms with Crippen LogP contribution in [0.15, 0.2) is 52.9 Å². The molecule has 0 saturated heterocycles. The van der Waals surface area contributed by atoms with Crippen LogP contribution in [0.2, 0.25) is 0 Å². The van der Waals surface area contributed by atoms with Gasteiger partial charge < -0.3 is 15.1 Å². The number of benzene rings is 2. The van der Waals surface area contributed by atoms with Crippen molar-refractivity contribution < 1.29 is 23.3 Å². The number of hydrogen-bond donors (Lipinski definition) is 2. The lowest BCUT2D eigenvalue weighted by Crippen LogP contribution is -2.87. The minimum atomic E-state index is -0.615. The molecule has 1 amide bonds. The Morgan fingerprint density at radius 2 is 1.92 bits per heavy atom. The van der Waals surface area contributed by atoms with E-state index >= 15 is 0 Å². The van der Waals surface area contributed by atoms with Crippen molar-refractivity contribution in [2.75, 3.05) is 6.54 Å². The van der Waals surface area contributed by atoms with E-state index in [-0.39, 0.29) is 24.5 Å². The molecule has 2 aromatic carbocycles. The summed E-state index contributed by atoms with van der Waals surface area (Å²) >= 11 is 0. The van der Waals surface area contributed by atoms with Crippen molar-refractivity contribution in [2.45, 2.75) is 25.9 Å². The highest BCUT2D eigenvalue weighted by atomic mass is 19.1. The Bertz CT molecular complexity index is 890. The maximum atomic E-state index is 13.8. The van der Waals surface area contributed by atoms with E-state index in [0.717, 1.165) is 17.0 Å². The van der Waals surface area contributed by atoms with Crippen LogP contribution in [0.4, 0.5) is 8.78 Å². The normalized spacial score (nSPS) is 13.5. The standard InChI is InChI=1S/C20H20F2N2O2/c1-12(16-8-7-15(21)10-17(16)22)23-11-20(25)24-13(2)19-9-14-5-3-4-6-18(14)26-19/h3-10,12-13,23H,11H2,1-2H3,(H,24,25)/p+1/t12-,13+/m1/s1. The van der Waals surface area contributed by atoms with E-state index in [9.17, 15) is 13.6 Å². The van der Waals surface area contributed by atoms with Gasteiger partial charge in [0.15, 0.2) is 6.54 Å². The van der Waals surface area contributed by atoms with Gasteiger partial charge in [-0.15, -0.1) is 0 Å². The van der Waals surface area contributed by atoms with E-state index in [4.69, 9.17) is 4.42 Å². The summed E-state index contributed by atoms with van der Waals surface area (Å²) in [6.45, 7) is 3.74. The lowest BCUT2D eigenvalue weighted by Gasteiger charge is -2.14. The maximum absolute atomic E-state index is 13.8. The topological polar surface area (TPSA) is 58.9 Å². The Kier molecular flexibility index (Phi) is 5.32. The fraction of sp³-hybridized carbons (Fsp3) is 0.250. The van der Waals surface area contributed by atoms with Gasteiger partial charge in [-0.1, -0.05) is 18.2 Å². The van der Waals surface area contributed by atoms with Crippen molar-refractivity contribution in [3.63, 3.8) is 0 Å². The lowest BCUT2D eigenvalue weighted by molar-refractivity contribution is -0.682. The Morgan fingerprint density at radius 3 is 2.65 bits per heavy atom. The van der Waals surface area contributed by atoms with Crippen LogP contribution in [-0.2, 0) is 4.79 Å². The molecule has 3 N–H and O–H groups in total. The number of furan rings is 1. The van der Waals surface area contributed by atoms with Gasteiger partial charge in [-0.3, -0.25) is 4.79 Å². The summed E-state index contributed by atoms with van der Waals surface area (Å²) in [5.74, 6) is -0.731. The Morgan fingerprint density at radius 1 is 1.15 bits per heavy atom. The number of rotatable bonds is 6. The first-order valence-electron chi connectivity index (χ1n) is 8.50. The number of amides is 1. The average molecular weight is 359 g/mol. The van der Waals surface area contributed by atoms with Crippen molar-refractivity contribution in [1.82, 2.24) is 5.32 Å². The zero-order chi connectivity index (χ0) is 18.7. The molecule has 0 aliphatic rings. The summed E-state index contributed by atoms with van der Waals surface area (Å²) < 4.78 is 32.5. The van der Waals surface area contributed by atoms with Gasteiger partial charge in [0.2, 0.25) is 0 Å². The lowest BCUT2D eigenvalue weighted by atomic mass is 10.1. The van der Waals surface area contributed by atoms with Crippen LogP contribution in [0.3, 0.4) is 0 Å². The predicted molar refractivity (Wildman–Crippen MR) is 94.3 cm³/mol. The molecule has 0 spiro atoms. The molecule has 0 radical (unpaired) electrons. The first kappa shape index (κ1) is 18.1. The van der Waals surface area contributed by atoms with E-state index in [0.29, 0.717) is 11.3 Å². The van der Waals surface area contributed by atoms with Gasteiger partial charge >= 0.3 is 0 Å². The van der Waals surface area contributed by atoms with Gasteiger partial charge in [0.1, 0.15) is 29.0 Å². The number of fused-ring (bicyclic) bond motifs is 1. The van der Waals surface area contributed by atoms with Gasteiger partial charge in [0.05, 0.1) is 6.04 Å². The summed E-state index contributed by atoms with van der Waals surface area (Å²) in [6, 6.07) is 12.4. The van der Waals surface area contributed by atoms with E-state index in [1.165, 1.54) is 12.1 Å². The van der Waals surface area contributed by atoms with E-state index in [2.05, 4.69) is 5.32 Å². The second-order valence-corrected chi connectivity index (χ2v) is 6.37. The number of para-hydroxylation sites is 1. The van der Waals surface area contributed by atoms with Crippen LogP contribution < -0.4 is 10.6 Å². The summed E-state index contributed by atoms with van der Waals surface area (Å²) in [6.07, 6.45) is 0. The van der Waals surface area contributed by atoms with Crippen LogP contribution in [0, 0.1) is 11.6 Å². The van der Waals surface area contributed by atoms with Crippen LogP contribution in [0.1, 0.15) is 37.3 Å². The Labute approximate surface area is 150 Å². The molecule has 6 heteroatoms. The monoisotopic (exact) mass is 359 g/mol. The van der Waals surface area contributed by atoms with Crippen molar-refractivity contribution >= 4 is 16.9 Å². The summed E-state index contributed by atoms with van der Waals surface area (Å²) in [4.78, 5) is 12.2. The average Bonchev–Trinajstić information content (AvgIpc) is 3.04. The number of carbonyl (C=O) groups is 1. The highest BCUT2D eigenvalue weighted by molar-refractivity contribution is 5.79. The van der Waals surface area contributed by atoms with Crippen molar-refractivity contribution in [2.24, 2.45) is 0 Å². The largest absolute Gasteiger partial charge is 0.459 e. The molecule has 1 aromatic heterocycles. The number of carbonyl (C=O) groups excluding carboxylic acids is 1. The molecule has 0 saturated carbocycles. The maximum Gasteiger partial charge on any atom is 0.275 e. The van der Waals surface area contributed by atoms with E-state index in [1.54, 1.807) is 12.2 Å². The molecule has 3 aromatic rings. The minimum Gasteiger partial charge on any atom is -0.459 e. The van der Waals surface area contributed by atoms with Crippen molar-refractivity contribution in [3.05, 3.63) is 71.5 Å². The molecule has 0 bridgehead atoms. The number of quaternary nitrogens is 1. The zero-order valence-corrected chi connectivity index (χ0v) is 14.6. The van der Waals surface area contributed by atoms with Crippen LogP contribution >= 0.6 is 0 Å². The number of nitrogens with one attached hydrogen (secondary N) is 1. The summed E-state index contributed by atoms with van der Waals surface area (Å²) in [5, 5.41) is 5.56. The highest BCUT2D eigenvalue weighted by Crippen LogP contribution is 2.23. The van der Waals surface area contributed by atoms with Crippen LogP contribution in [-0.4, -0.2) is 12.5 Å². The van der Waals surface area contributed by atoms with Gasteiger partial charge in [0, 0.05) is 17.0 Å². The smallest absolute Gasteiger partial charge is 0.275 e. The molecular weight excluding hydrogens is 338 g/mol. The predicted octanol–water partition coefficient (Wildman–Crippen LogP) is 3.21. The quantitative estimate of drug-likeness (QED) is 0.710.